The van der Waals surface area contributed by atoms with Crippen LogP contribution >= 0.6 is 51.0 Å². The molecule has 0 aliphatic heterocycles. The number of rotatable bonds is 1. The minimum absolute atomic E-state index is 0. The van der Waals surface area contributed by atoms with Crippen molar-refractivity contribution in [1.82, 2.24) is 0 Å². The van der Waals surface area contributed by atoms with Gasteiger partial charge >= 0.3 is 0 Å². The van der Waals surface area contributed by atoms with Gasteiger partial charge in [0.15, 0.2) is 5.96 Å². The molecule has 0 spiro atoms. The van der Waals surface area contributed by atoms with Gasteiger partial charge in [0.2, 0.25) is 0 Å². The Morgan fingerprint density at radius 3 is 2.69 bits per heavy atom. The van der Waals surface area contributed by atoms with Gasteiger partial charge < -0.3 is 11.5 Å². The molecule has 4 N–H and O–H groups in total. The standard InChI is InChI=1S/C8H6BrN3OS2.ClH/c9-3-2-14-4-1-5(15-6(3)4)7(13)12-8(10)11;/h1-2H,(H4,10,11,12,13);1H. The van der Waals surface area contributed by atoms with Gasteiger partial charge in [0, 0.05) is 14.6 Å². The molecule has 0 atom stereocenters. The summed E-state index contributed by atoms with van der Waals surface area (Å²) in [4.78, 5) is 15.5. The number of fused-ring (bicyclic) bond motifs is 1. The van der Waals surface area contributed by atoms with Crippen LogP contribution in [0.5, 0.6) is 0 Å². The molecule has 2 heterocycles. The summed E-state index contributed by atoms with van der Waals surface area (Å²) >= 11 is 6.35. The quantitative estimate of drug-likeness (QED) is 0.618. The van der Waals surface area contributed by atoms with Crippen LogP contribution in [0.3, 0.4) is 0 Å². The Balaban J connectivity index is 0.00000128. The summed E-state index contributed by atoms with van der Waals surface area (Å²) in [7, 11) is 0. The molecule has 0 saturated heterocycles. The molecule has 0 aliphatic carbocycles. The molecular formula is C8H7BrClN3OS2. The average molecular weight is 341 g/mol. The highest BCUT2D eigenvalue weighted by Crippen LogP contribution is 2.37. The van der Waals surface area contributed by atoms with Gasteiger partial charge in [0.1, 0.15) is 0 Å². The van der Waals surface area contributed by atoms with Gasteiger partial charge in [-0.1, -0.05) is 0 Å². The zero-order valence-electron chi connectivity index (χ0n) is 7.77. The number of carbonyl (C=O) groups excluding carboxylic acids is 1. The summed E-state index contributed by atoms with van der Waals surface area (Å²) in [6.45, 7) is 0. The number of amides is 1. The van der Waals surface area contributed by atoms with Gasteiger partial charge in [-0.25, -0.2) is 0 Å². The lowest BCUT2D eigenvalue weighted by Gasteiger charge is -1.89. The molecule has 0 aliphatic rings. The first-order valence-corrected chi connectivity index (χ1v) is 6.37. The Bertz CT molecular complexity index is 559. The van der Waals surface area contributed by atoms with Crippen molar-refractivity contribution in [2.75, 3.05) is 0 Å². The van der Waals surface area contributed by atoms with Crippen molar-refractivity contribution < 1.29 is 4.79 Å². The highest BCUT2D eigenvalue weighted by molar-refractivity contribution is 9.10. The second-order valence-corrected chi connectivity index (χ2v) is 5.55. The van der Waals surface area contributed by atoms with Crippen molar-refractivity contribution in [1.29, 1.82) is 0 Å². The highest BCUT2D eigenvalue weighted by Gasteiger charge is 2.12. The van der Waals surface area contributed by atoms with Crippen LogP contribution in [0.15, 0.2) is 20.9 Å². The van der Waals surface area contributed by atoms with E-state index < -0.39 is 5.91 Å². The minimum atomic E-state index is -0.393. The third-order valence-corrected chi connectivity index (χ3v) is 5.05. The maximum Gasteiger partial charge on any atom is 0.290 e. The van der Waals surface area contributed by atoms with E-state index in [1.54, 1.807) is 17.4 Å². The zero-order chi connectivity index (χ0) is 11.0. The van der Waals surface area contributed by atoms with Crippen molar-refractivity contribution in [3.8, 4) is 0 Å². The zero-order valence-corrected chi connectivity index (χ0v) is 11.8. The molecule has 2 aromatic rings. The van der Waals surface area contributed by atoms with Gasteiger partial charge in [-0.3, -0.25) is 4.79 Å². The van der Waals surface area contributed by atoms with E-state index in [0.29, 0.717) is 4.88 Å². The molecule has 0 unspecified atom stereocenters. The molecule has 4 nitrogen and oxygen atoms in total. The van der Waals surface area contributed by atoms with Crippen molar-refractivity contribution in [3.05, 3.63) is 20.8 Å². The highest BCUT2D eigenvalue weighted by atomic mass is 79.9. The van der Waals surface area contributed by atoms with Crippen LogP contribution in [-0.4, -0.2) is 11.9 Å². The first kappa shape index (κ1) is 13.4. The van der Waals surface area contributed by atoms with Crippen LogP contribution in [0.4, 0.5) is 0 Å². The fourth-order valence-electron chi connectivity index (χ4n) is 1.07. The van der Waals surface area contributed by atoms with E-state index in [4.69, 9.17) is 11.5 Å². The van der Waals surface area contributed by atoms with Crippen LogP contribution in [0.2, 0.25) is 0 Å². The van der Waals surface area contributed by atoms with Gasteiger partial charge in [-0.05, 0) is 22.0 Å². The van der Waals surface area contributed by atoms with E-state index in [1.807, 2.05) is 5.38 Å². The van der Waals surface area contributed by atoms with Crippen LogP contribution in [0, 0.1) is 0 Å². The van der Waals surface area contributed by atoms with Crippen LogP contribution in [-0.2, 0) is 0 Å². The predicted octanol–water partition coefficient (Wildman–Crippen LogP) is 2.56. The maximum atomic E-state index is 11.5. The second-order valence-electron chi connectivity index (χ2n) is 2.73. The fraction of sp³-hybridized carbons (Fsp3) is 0. The molecule has 0 saturated carbocycles. The molecule has 0 fully saturated rings. The summed E-state index contributed by atoms with van der Waals surface area (Å²) in [5.41, 5.74) is 10.3. The molecule has 2 aromatic heterocycles. The van der Waals surface area contributed by atoms with Crippen molar-refractivity contribution >= 4 is 72.3 Å². The molecule has 1 amide bonds. The summed E-state index contributed by atoms with van der Waals surface area (Å²) in [5, 5.41) is 1.98. The minimum Gasteiger partial charge on any atom is -0.370 e. The number of halogens is 2. The number of nitrogens with two attached hydrogens (primary N) is 2. The largest absolute Gasteiger partial charge is 0.370 e. The van der Waals surface area contributed by atoms with E-state index >= 15 is 0 Å². The smallest absolute Gasteiger partial charge is 0.290 e. The monoisotopic (exact) mass is 339 g/mol. The number of hydrogen-bond acceptors (Lipinski definition) is 3. The van der Waals surface area contributed by atoms with Gasteiger partial charge in [0.05, 0.1) is 9.58 Å². The molecule has 0 bridgehead atoms. The van der Waals surface area contributed by atoms with Crippen LogP contribution < -0.4 is 11.5 Å². The summed E-state index contributed by atoms with van der Waals surface area (Å²) in [5.74, 6) is -0.605. The van der Waals surface area contributed by atoms with E-state index in [9.17, 15) is 4.79 Å². The van der Waals surface area contributed by atoms with Crippen molar-refractivity contribution in [2.45, 2.75) is 0 Å². The van der Waals surface area contributed by atoms with Crippen LogP contribution in [0.25, 0.3) is 9.40 Å². The first-order chi connectivity index (χ1) is 7.08. The SMILES string of the molecule is Cl.NC(N)=NC(=O)c1cc2scc(Br)c2s1. The van der Waals surface area contributed by atoms with Crippen LogP contribution in [0.1, 0.15) is 9.67 Å². The maximum absolute atomic E-state index is 11.5. The Labute approximate surface area is 114 Å². The topological polar surface area (TPSA) is 81.5 Å². The Morgan fingerprint density at radius 1 is 1.44 bits per heavy atom. The summed E-state index contributed by atoms with van der Waals surface area (Å²) in [6, 6.07) is 1.80. The molecule has 0 aromatic carbocycles. The number of nitrogens with zero attached hydrogens (tertiary/aromatic N) is 1. The van der Waals surface area contributed by atoms with Gasteiger partial charge in [0.25, 0.3) is 5.91 Å². The third-order valence-electron chi connectivity index (χ3n) is 1.65. The average Bonchev–Trinajstić information content (AvgIpc) is 2.67. The lowest BCUT2D eigenvalue weighted by atomic mass is 10.4. The fourth-order valence-corrected chi connectivity index (χ4v) is 3.96. The summed E-state index contributed by atoms with van der Waals surface area (Å²) < 4.78 is 3.10. The Morgan fingerprint density at radius 2 is 2.12 bits per heavy atom. The normalized spacial score (nSPS) is 9.81. The van der Waals surface area contributed by atoms with E-state index in [-0.39, 0.29) is 18.4 Å². The molecule has 16 heavy (non-hydrogen) atoms. The number of aliphatic imine (C=N–C) groups is 1. The molecule has 86 valence electrons. The molecule has 8 heteroatoms. The molecule has 2 rings (SSSR count). The van der Waals surface area contributed by atoms with E-state index in [2.05, 4.69) is 20.9 Å². The Hall–Kier alpha value is -0.630. The van der Waals surface area contributed by atoms with Crippen molar-refractivity contribution in [3.63, 3.8) is 0 Å². The number of thiophene rings is 2. The third kappa shape index (κ3) is 2.54. The van der Waals surface area contributed by atoms with Gasteiger partial charge in [-0.2, -0.15) is 4.99 Å². The Kier molecular flexibility index (Phi) is 4.31. The molecular weight excluding hydrogens is 334 g/mol. The van der Waals surface area contributed by atoms with Gasteiger partial charge in [-0.15, -0.1) is 35.1 Å². The second kappa shape index (κ2) is 5.13. The van der Waals surface area contributed by atoms with E-state index in [1.165, 1.54) is 11.3 Å². The molecule has 0 radical (unpaired) electrons. The van der Waals surface area contributed by atoms with Crippen molar-refractivity contribution in [2.24, 2.45) is 16.5 Å². The van der Waals surface area contributed by atoms with E-state index in [0.717, 1.165) is 13.9 Å². The number of guanidine groups is 1. The summed E-state index contributed by atoms with van der Waals surface area (Å²) in [6.07, 6.45) is 0. The predicted molar refractivity (Wildman–Crippen MR) is 74.8 cm³/mol. The lowest BCUT2D eigenvalue weighted by molar-refractivity contribution is 0.101. The first-order valence-electron chi connectivity index (χ1n) is 3.88. The lowest BCUT2D eigenvalue weighted by Crippen LogP contribution is -2.24. The number of carbonyl (C=O) groups is 1. The number of hydrogen-bond donors (Lipinski definition) is 2.